The number of nitrogens with one attached hydrogen (secondary N) is 1. The van der Waals surface area contributed by atoms with Crippen LogP contribution in [0, 0.1) is 0 Å². The van der Waals surface area contributed by atoms with Crippen LogP contribution < -0.4 is 10.2 Å². The highest BCUT2D eigenvalue weighted by Gasteiger charge is 2.08. The first kappa shape index (κ1) is 13.2. The lowest BCUT2D eigenvalue weighted by atomic mass is 10.1. The molecule has 1 aromatic heterocycles. The van der Waals surface area contributed by atoms with Crippen molar-refractivity contribution in [2.24, 2.45) is 0 Å². The summed E-state index contributed by atoms with van der Waals surface area (Å²) in [7, 11) is 3.88. The normalized spacial score (nSPS) is 10.6. The summed E-state index contributed by atoms with van der Waals surface area (Å²) in [5.41, 5.74) is 3.68. The number of fused-ring (bicyclic) bond motifs is 1. The Balaban J connectivity index is 1.83. The van der Waals surface area contributed by atoms with Crippen molar-refractivity contribution in [1.82, 2.24) is 4.98 Å². The summed E-state index contributed by atoms with van der Waals surface area (Å²) in [4.78, 5) is 18.3. The highest BCUT2D eigenvalue weighted by molar-refractivity contribution is 6.05. The van der Waals surface area contributed by atoms with Crippen molar-refractivity contribution < 1.29 is 9.21 Å². The van der Waals surface area contributed by atoms with Crippen molar-refractivity contribution in [3.63, 3.8) is 0 Å². The lowest BCUT2D eigenvalue weighted by Crippen LogP contribution is -2.14. The average Bonchev–Trinajstić information content (AvgIpc) is 2.95. The molecule has 0 saturated carbocycles. The number of nitrogens with zero attached hydrogens (tertiary/aromatic N) is 2. The number of rotatable bonds is 3. The van der Waals surface area contributed by atoms with Gasteiger partial charge in [-0.3, -0.25) is 4.79 Å². The predicted octanol–water partition coefficient (Wildman–Crippen LogP) is 3.15. The largest absolute Gasteiger partial charge is 0.443 e. The Kier molecular flexibility index (Phi) is 3.31. The number of oxazole rings is 1. The van der Waals surface area contributed by atoms with Crippen LogP contribution in [0.25, 0.3) is 11.1 Å². The molecule has 0 bridgehead atoms. The third-order valence-corrected chi connectivity index (χ3v) is 3.21. The van der Waals surface area contributed by atoms with Crippen LogP contribution in [0.4, 0.5) is 11.4 Å². The first-order valence-corrected chi connectivity index (χ1v) is 6.55. The fourth-order valence-corrected chi connectivity index (χ4v) is 2.06. The van der Waals surface area contributed by atoms with Gasteiger partial charge in [-0.05, 0) is 30.3 Å². The number of aromatic nitrogens is 1. The summed E-state index contributed by atoms with van der Waals surface area (Å²) in [6.45, 7) is 0. The summed E-state index contributed by atoms with van der Waals surface area (Å²) < 4.78 is 5.23. The van der Waals surface area contributed by atoms with E-state index in [0.29, 0.717) is 16.8 Å². The van der Waals surface area contributed by atoms with E-state index in [1.165, 1.54) is 6.39 Å². The molecule has 3 rings (SSSR count). The lowest BCUT2D eigenvalue weighted by Gasteiger charge is -2.13. The van der Waals surface area contributed by atoms with Crippen LogP contribution in [0.3, 0.4) is 0 Å². The summed E-state index contributed by atoms with van der Waals surface area (Å²) in [5.74, 6) is -0.155. The smallest absolute Gasteiger partial charge is 0.255 e. The standard InChI is InChI=1S/C16H15N3O2/c1-19(2)13-5-3-4-11(8-13)16(20)18-12-6-7-14-15(9-12)21-10-17-14/h3-10H,1-2H3,(H,18,20). The van der Waals surface area contributed by atoms with E-state index in [2.05, 4.69) is 10.3 Å². The topological polar surface area (TPSA) is 58.4 Å². The molecule has 0 unspecified atom stereocenters. The monoisotopic (exact) mass is 281 g/mol. The zero-order valence-electron chi connectivity index (χ0n) is 11.8. The molecule has 0 spiro atoms. The second-order valence-electron chi connectivity index (χ2n) is 4.93. The quantitative estimate of drug-likeness (QED) is 0.801. The Bertz CT molecular complexity index is 793. The van der Waals surface area contributed by atoms with Crippen LogP contribution >= 0.6 is 0 Å². The average molecular weight is 281 g/mol. The van der Waals surface area contributed by atoms with Crippen molar-refractivity contribution in [3.8, 4) is 0 Å². The maximum Gasteiger partial charge on any atom is 0.255 e. The molecule has 2 aromatic carbocycles. The molecule has 106 valence electrons. The minimum atomic E-state index is -0.155. The summed E-state index contributed by atoms with van der Waals surface area (Å²) in [6, 6.07) is 12.8. The van der Waals surface area contributed by atoms with Gasteiger partial charge < -0.3 is 14.6 Å². The van der Waals surface area contributed by atoms with Gasteiger partial charge in [0.25, 0.3) is 5.91 Å². The van der Waals surface area contributed by atoms with E-state index >= 15 is 0 Å². The van der Waals surface area contributed by atoms with Crippen LogP contribution in [-0.4, -0.2) is 25.0 Å². The van der Waals surface area contributed by atoms with E-state index < -0.39 is 0 Å². The van der Waals surface area contributed by atoms with E-state index in [-0.39, 0.29) is 5.91 Å². The van der Waals surface area contributed by atoms with E-state index in [1.807, 2.05) is 43.3 Å². The predicted molar refractivity (Wildman–Crippen MR) is 82.7 cm³/mol. The molecule has 5 nitrogen and oxygen atoms in total. The van der Waals surface area contributed by atoms with Crippen LogP contribution in [0.15, 0.2) is 53.3 Å². The molecule has 0 atom stereocenters. The Morgan fingerprint density at radius 1 is 1.19 bits per heavy atom. The van der Waals surface area contributed by atoms with Crippen LogP contribution in [-0.2, 0) is 0 Å². The fourth-order valence-electron chi connectivity index (χ4n) is 2.06. The van der Waals surface area contributed by atoms with Crippen molar-refractivity contribution in [2.75, 3.05) is 24.3 Å². The lowest BCUT2D eigenvalue weighted by molar-refractivity contribution is 0.102. The van der Waals surface area contributed by atoms with Gasteiger partial charge in [0.1, 0.15) is 5.52 Å². The van der Waals surface area contributed by atoms with Crippen LogP contribution in [0.5, 0.6) is 0 Å². The van der Waals surface area contributed by atoms with Gasteiger partial charge in [-0.25, -0.2) is 4.98 Å². The highest BCUT2D eigenvalue weighted by Crippen LogP contribution is 2.19. The van der Waals surface area contributed by atoms with Gasteiger partial charge >= 0.3 is 0 Å². The number of amides is 1. The third kappa shape index (κ3) is 2.72. The number of carbonyl (C=O) groups excluding carboxylic acids is 1. The first-order chi connectivity index (χ1) is 10.1. The Hall–Kier alpha value is -2.82. The number of benzene rings is 2. The molecule has 0 radical (unpaired) electrons. The van der Waals surface area contributed by atoms with Gasteiger partial charge in [0.15, 0.2) is 12.0 Å². The number of hydrogen-bond acceptors (Lipinski definition) is 4. The zero-order chi connectivity index (χ0) is 14.8. The van der Waals surface area contributed by atoms with Gasteiger partial charge in [0, 0.05) is 37.1 Å². The molecule has 0 fully saturated rings. The molecule has 21 heavy (non-hydrogen) atoms. The molecule has 3 aromatic rings. The van der Waals surface area contributed by atoms with Crippen molar-refractivity contribution in [2.45, 2.75) is 0 Å². The Labute approximate surface area is 122 Å². The number of carbonyl (C=O) groups is 1. The van der Waals surface area contributed by atoms with E-state index in [9.17, 15) is 4.79 Å². The fraction of sp³-hybridized carbons (Fsp3) is 0.125. The van der Waals surface area contributed by atoms with E-state index in [4.69, 9.17) is 4.42 Å². The molecular weight excluding hydrogens is 266 g/mol. The Morgan fingerprint density at radius 2 is 2.05 bits per heavy atom. The second kappa shape index (κ2) is 5.28. The minimum absolute atomic E-state index is 0.155. The van der Waals surface area contributed by atoms with E-state index in [0.717, 1.165) is 11.2 Å². The molecule has 0 aliphatic rings. The maximum atomic E-state index is 12.3. The molecule has 1 amide bonds. The van der Waals surface area contributed by atoms with Crippen LogP contribution in [0.2, 0.25) is 0 Å². The van der Waals surface area contributed by atoms with Gasteiger partial charge in [-0.15, -0.1) is 0 Å². The summed E-state index contributed by atoms with van der Waals surface area (Å²) in [6.07, 6.45) is 1.39. The summed E-state index contributed by atoms with van der Waals surface area (Å²) >= 11 is 0. The number of hydrogen-bond donors (Lipinski definition) is 1. The second-order valence-corrected chi connectivity index (χ2v) is 4.93. The Morgan fingerprint density at radius 3 is 2.86 bits per heavy atom. The van der Waals surface area contributed by atoms with Gasteiger partial charge in [0.2, 0.25) is 0 Å². The molecule has 1 N–H and O–H groups in total. The number of anilines is 2. The molecular formula is C16H15N3O2. The van der Waals surface area contributed by atoms with Gasteiger partial charge in [-0.2, -0.15) is 0 Å². The first-order valence-electron chi connectivity index (χ1n) is 6.55. The zero-order valence-corrected chi connectivity index (χ0v) is 11.8. The highest BCUT2D eigenvalue weighted by atomic mass is 16.3. The SMILES string of the molecule is CN(C)c1cccc(C(=O)Nc2ccc3ncoc3c2)c1. The molecule has 0 aliphatic heterocycles. The molecule has 5 heteroatoms. The maximum absolute atomic E-state index is 12.3. The third-order valence-electron chi connectivity index (χ3n) is 3.21. The van der Waals surface area contributed by atoms with Crippen molar-refractivity contribution in [3.05, 3.63) is 54.4 Å². The van der Waals surface area contributed by atoms with Gasteiger partial charge in [-0.1, -0.05) is 6.07 Å². The molecule has 0 aliphatic carbocycles. The van der Waals surface area contributed by atoms with Gasteiger partial charge in [0.05, 0.1) is 0 Å². The minimum Gasteiger partial charge on any atom is -0.443 e. The van der Waals surface area contributed by atoms with Crippen LogP contribution in [0.1, 0.15) is 10.4 Å². The van der Waals surface area contributed by atoms with Crippen molar-refractivity contribution in [1.29, 1.82) is 0 Å². The molecule has 1 heterocycles. The van der Waals surface area contributed by atoms with E-state index in [1.54, 1.807) is 18.2 Å². The molecule has 0 saturated heterocycles. The van der Waals surface area contributed by atoms with Crippen molar-refractivity contribution >= 4 is 28.4 Å². The summed E-state index contributed by atoms with van der Waals surface area (Å²) in [5, 5.41) is 2.86.